The number of hydrogen-bond donors (Lipinski definition) is 1. The van der Waals surface area contributed by atoms with E-state index in [0.717, 1.165) is 18.8 Å². The summed E-state index contributed by atoms with van der Waals surface area (Å²) >= 11 is 3.36. The quantitative estimate of drug-likeness (QED) is 0.722. The number of rotatable bonds is 7. The SMILES string of the molecule is O=S(=O)(CCCCF)Nc1cc(N2CCOCC2)ccc1Br. The van der Waals surface area contributed by atoms with E-state index in [0.29, 0.717) is 29.8 Å². The molecule has 1 fully saturated rings. The first-order chi connectivity index (χ1) is 10.5. The number of morpholine rings is 1. The van der Waals surface area contributed by atoms with Gasteiger partial charge in [0.15, 0.2) is 0 Å². The lowest BCUT2D eigenvalue weighted by Crippen LogP contribution is -2.36. The van der Waals surface area contributed by atoms with E-state index in [2.05, 4.69) is 25.6 Å². The van der Waals surface area contributed by atoms with Gasteiger partial charge in [0.2, 0.25) is 10.0 Å². The van der Waals surface area contributed by atoms with Crippen molar-refractivity contribution in [3.8, 4) is 0 Å². The number of nitrogens with one attached hydrogen (secondary N) is 1. The Bertz CT molecular complexity index is 592. The fourth-order valence-electron chi connectivity index (χ4n) is 2.21. The van der Waals surface area contributed by atoms with E-state index >= 15 is 0 Å². The van der Waals surface area contributed by atoms with E-state index in [4.69, 9.17) is 4.74 Å². The standard InChI is InChI=1S/C14H20BrFN2O3S/c15-13-4-3-12(18-6-8-21-9-7-18)11-14(13)17-22(19,20)10-2-1-5-16/h3-4,11,17H,1-2,5-10H2. The summed E-state index contributed by atoms with van der Waals surface area (Å²) in [6.07, 6.45) is 0.572. The van der Waals surface area contributed by atoms with Gasteiger partial charge in [-0.05, 0) is 47.0 Å². The second-order valence-electron chi connectivity index (χ2n) is 5.08. The number of ether oxygens (including phenoxy) is 1. The molecule has 1 heterocycles. The zero-order valence-electron chi connectivity index (χ0n) is 12.2. The fraction of sp³-hybridized carbons (Fsp3) is 0.571. The Morgan fingerprint density at radius 1 is 1.27 bits per heavy atom. The van der Waals surface area contributed by atoms with E-state index in [-0.39, 0.29) is 12.2 Å². The van der Waals surface area contributed by atoms with E-state index in [1.54, 1.807) is 0 Å². The van der Waals surface area contributed by atoms with Crippen LogP contribution in [-0.4, -0.2) is 47.1 Å². The van der Waals surface area contributed by atoms with Gasteiger partial charge in [0, 0.05) is 23.2 Å². The predicted octanol–water partition coefficient (Wildman–Crippen LogP) is 2.78. The lowest BCUT2D eigenvalue weighted by atomic mass is 10.2. The van der Waals surface area contributed by atoms with E-state index < -0.39 is 16.7 Å². The molecule has 0 amide bonds. The second-order valence-corrected chi connectivity index (χ2v) is 7.78. The highest BCUT2D eigenvalue weighted by Crippen LogP contribution is 2.29. The van der Waals surface area contributed by atoms with Crippen molar-refractivity contribution in [1.82, 2.24) is 0 Å². The Kier molecular flexibility index (Phi) is 6.46. The van der Waals surface area contributed by atoms with Crippen LogP contribution in [0.2, 0.25) is 0 Å². The first-order valence-corrected chi connectivity index (χ1v) is 9.65. The number of sulfonamides is 1. The summed E-state index contributed by atoms with van der Waals surface area (Å²) in [5, 5.41) is 0. The second kappa shape index (κ2) is 8.12. The maximum absolute atomic E-state index is 12.1. The first-order valence-electron chi connectivity index (χ1n) is 7.20. The molecule has 1 saturated heterocycles. The number of nitrogens with zero attached hydrogens (tertiary/aromatic N) is 1. The molecule has 22 heavy (non-hydrogen) atoms. The number of hydrogen-bond acceptors (Lipinski definition) is 4. The lowest BCUT2D eigenvalue weighted by molar-refractivity contribution is 0.122. The van der Waals surface area contributed by atoms with Crippen molar-refractivity contribution in [1.29, 1.82) is 0 Å². The summed E-state index contributed by atoms with van der Waals surface area (Å²) in [6, 6.07) is 5.57. The lowest BCUT2D eigenvalue weighted by Gasteiger charge is -2.29. The predicted molar refractivity (Wildman–Crippen MR) is 89.8 cm³/mol. The third kappa shape index (κ3) is 5.10. The molecule has 1 aliphatic heterocycles. The highest BCUT2D eigenvalue weighted by Gasteiger charge is 2.16. The smallest absolute Gasteiger partial charge is 0.232 e. The summed E-state index contributed by atoms with van der Waals surface area (Å²) in [6.45, 7) is 2.40. The zero-order valence-corrected chi connectivity index (χ0v) is 14.6. The van der Waals surface area contributed by atoms with Gasteiger partial charge in [0.05, 0.1) is 31.3 Å². The minimum absolute atomic E-state index is 0.0782. The van der Waals surface area contributed by atoms with Crippen molar-refractivity contribution in [2.45, 2.75) is 12.8 Å². The molecule has 0 aliphatic carbocycles. The largest absolute Gasteiger partial charge is 0.378 e. The molecule has 1 aromatic carbocycles. The van der Waals surface area contributed by atoms with Crippen LogP contribution < -0.4 is 9.62 Å². The number of halogens is 2. The van der Waals surface area contributed by atoms with Crippen LogP contribution in [0.25, 0.3) is 0 Å². The molecule has 5 nitrogen and oxygen atoms in total. The summed E-state index contributed by atoms with van der Waals surface area (Å²) in [7, 11) is -3.47. The van der Waals surface area contributed by atoms with Crippen LogP contribution in [0.4, 0.5) is 15.8 Å². The molecule has 0 bridgehead atoms. The minimum Gasteiger partial charge on any atom is -0.378 e. The van der Waals surface area contributed by atoms with Crippen LogP contribution in [0.5, 0.6) is 0 Å². The van der Waals surface area contributed by atoms with Crippen molar-refractivity contribution < 1.29 is 17.5 Å². The average Bonchev–Trinajstić information content (AvgIpc) is 2.50. The van der Waals surface area contributed by atoms with Gasteiger partial charge in [0.1, 0.15) is 0 Å². The topological polar surface area (TPSA) is 58.6 Å². The first kappa shape index (κ1) is 17.5. The molecule has 0 spiro atoms. The molecular weight excluding hydrogens is 375 g/mol. The van der Waals surface area contributed by atoms with Crippen LogP contribution in [-0.2, 0) is 14.8 Å². The molecule has 124 valence electrons. The zero-order chi connectivity index (χ0) is 16.0. The molecule has 1 aliphatic rings. The van der Waals surface area contributed by atoms with Gasteiger partial charge >= 0.3 is 0 Å². The van der Waals surface area contributed by atoms with Crippen LogP contribution in [0.1, 0.15) is 12.8 Å². The van der Waals surface area contributed by atoms with Crippen molar-refractivity contribution in [2.24, 2.45) is 0 Å². The van der Waals surface area contributed by atoms with Crippen molar-refractivity contribution in [2.75, 3.05) is 48.4 Å². The summed E-state index contributed by atoms with van der Waals surface area (Å²) in [4.78, 5) is 2.15. The van der Waals surface area contributed by atoms with Crippen molar-refractivity contribution in [3.05, 3.63) is 22.7 Å². The van der Waals surface area contributed by atoms with Crippen LogP contribution in [0.15, 0.2) is 22.7 Å². The maximum Gasteiger partial charge on any atom is 0.232 e. The summed E-state index contributed by atoms with van der Waals surface area (Å²) < 4.78 is 44.7. The van der Waals surface area contributed by atoms with Crippen LogP contribution >= 0.6 is 15.9 Å². The average molecular weight is 395 g/mol. The van der Waals surface area contributed by atoms with E-state index in [1.807, 2.05) is 18.2 Å². The molecule has 1 N–H and O–H groups in total. The third-order valence-electron chi connectivity index (χ3n) is 3.39. The van der Waals surface area contributed by atoms with Gasteiger partial charge in [-0.1, -0.05) is 0 Å². The number of benzene rings is 1. The number of alkyl halides is 1. The Labute approximate surface area is 139 Å². The third-order valence-corrected chi connectivity index (χ3v) is 5.44. The van der Waals surface area contributed by atoms with Crippen LogP contribution in [0, 0.1) is 0 Å². The molecule has 1 aromatic rings. The Hall–Kier alpha value is -0.860. The molecule has 0 saturated carbocycles. The van der Waals surface area contributed by atoms with Gasteiger partial charge in [-0.15, -0.1) is 0 Å². The van der Waals surface area contributed by atoms with Crippen molar-refractivity contribution >= 4 is 37.3 Å². The molecule has 0 atom stereocenters. The highest BCUT2D eigenvalue weighted by molar-refractivity contribution is 9.10. The fourth-order valence-corrected chi connectivity index (χ4v) is 3.88. The minimum atomic E-state index is -3.47. The van der Waals surface area contributed by atoms with Gasteiger partial charge in [-0.3, -0.25) is 9.11 Å². The number of unbranched alkanes of at least 4 members (excludes halogenated alkanes) is 1. The number of anilines is 2. The molecule has 2 rings (SSSR count). The monoisotopic (exact) mass is 394 g/mol. The van der Waals surface area contributed by atoms with E-state index in [9.17, 15) is 12.8 Å². The molecular formula is C14H20BrFN2O3S. The van der Waals surface area contributed by atoms with Gasteiger partial charge in [0.25, 0.3) is 0 Å². The van der Waals surface area contributed by atoms with Gasteiger partial charge in [-0.2, -0.15) is 0 Å². The van der Waals surface area contributed by atoms with Crippen LogP contribution in [0.3, 0.4) is 0 Å². The molecule has 0 unspecified atom stereocenters. The molecule has 0 radical (unpaired) electrons. The molecule has 8 heteroatoms. The van der Waals surface area contributed by atoms with Crippen molar-refractivity contribution in [3.63, 3.8) is 0 Å². The highest BCUT2D eigenvalue weighted by atomic mass is 79.9. The summed E-state index contributed by atoms with van der Waals surface area (Å²) in [5.41, 5.74) is 1.46. The maximum atomic E-state index is 12.1. The van der Waals surface area contributed by atoms with Gasteiger partial charge in [-0.25, -0.2) is 8.42 Å². The molecule has 0 aromatic heterocycles. The Morgan fingerprint density at radius 2 is 2.00 bits per heavy atom. The summed E-state index contributed by atoms with van der Waals surface area (Å²) in [5.74, 6) is -0.0782. The Balaban J connectivity index is 2.09. The Morgan fingerprint density at radius 3 is 2.68 bits per heavy atom. The normalized spacial score (nSPS) is 15.8. The van der Waals surface area contributed by atoms with E-state index in [1.165, 1.54) is 0 Å². The van der Waals surface area contributed by atoms with Gasteiger partial charge < -0.3 is 9.64 Å².